The van der Waals surface area contributed by atoms with E-state index in [4.69, 9.17) is 132 Å². The number of ether oxygens (including phenoxy) is 2. The van der Waals surface area contributed by atoms with Crippen LogP contribution < -0.4 is 0 Å². The molecule has 0 bridgehead atoms. The molecule has 0 aliphatic carbocycles. The number of carbonyl (C=O) groups is 17. The first-order valence-electron chi connectivity index (χ1n) is 37.2. The Morgan fingerprint density at radius 2 is 0.348 bits per heavy atom. The highest BCUT2D eigenvalue weighted by Gasteiger charge is 2.44. The van der Waals surface area contributed by atoms with Crippen LogP contribution >= 0.6 is 0 Å². The van der Waals surface area contributed by atoms with Crippen LogP contribution in [0.25, 0.3) is 0 Å². The number of aliphatic carboxylic acids is 15. The zero-order chi connectivity index (χ0) is 90.4. The van der Waals surface area contributed by atoms with Gasteiger partial charge < -0.3 is 132 Å². The van der Waals surface area contributed by atoms with E-state index in [2.05, 4.69) is 13.8 Å². The maximum atomic E-state index is 11.4. The number of unbranched alkanes of at least 4 members (excludes halogenated alkanes) is 28. The lowest BCUT2D eigenvalue weighted by Crippen LogP contribution is -2.42. The summed E-state index contributed by atoms with van der Waals surface area (Å²) in [5.74, 6) is -25.6. The van der Waals surface area contributed by atoms with Crippen molar-refractivity contribution in [2.24, 2.45) is 0 Å². The Morgan fingerprint density at radius 3 is 0.452 bits per heavy atom. The number of hydrogen-bond donors (Lipinski definition) is 24. The Morgan fingerprint density at radius 1 is 0.226 bits per heavy atom. The summed E-state index contributed by atoms with van der Waals surface area (Å²) in [7, 11) is 0. The van der Waals surface area contributed by atoms with Gasteiger partial charge in [-0.25, -0.2) is 24.0 Å². The first kappa shape index (κ1) is 119. The third kappa shape index (κ3) is 78.3. The first-order chi connectivity index (χ1) is 53.3. The second kappa shape index (κ2) is 71.2. The van der Waals surface area contributed by atoms with Crippen molar-refractivity contribution in [2.75, 3.05) is 26.4 Å². The van der Waals surface area contributed by atoms with E-state index in [1.165, 1.54) is 167 Å². The van der Waals surface area contributed by atoms with Crippen LogP contribution in [0.15, 0.2) is 0 Å². The van der Waals surface area contributed by atoms with Crippen LogP contribution in [0.5, 0.6) is 0 Å². The fraction of sp³-hybridized carbons (Fsp3) is 0.764. The second-order valence-electron chi connectivity index (χ2n) is 26.8. The highest BCUT2D eigenvalue weighted by Crippen LogP contribution is 2.22. The van der Waals surface area contributed by atoms with Gasteiger partial charge in [-0.2, -0.15) is 0 Å². The number of aliphatic hydroxyl groups is 9. The van der Waals surface area contributed by atoms with Crippen molar-refractivity contribution < 1.29 is 214 Å². The quantitative estimate of drug-likeness (QED) is 0.0302. The van der Waals surface area contributed by atoms with Crippen LogP contribution in [0.3, 0.4) is 0 Å². The topological polar surface area (TPSA) is 794 Å². The van der Waals surface area contributed by atoms with Gasteiger partial charge in [-0.1, -0.05) is 194 Å². The summed E-state index contributed by atoms with van der Waals surface area (Å²) < 4.78 is 9.73. The highest BCUT2D eigenvalue weighted by atomic mass is 16.6. The molecule has 0 aromatic heterocycles. The average molecular weight is 1680 g/mol. The maximum Gasteiger partial charge on any atom is 0.336 e. The van der Waals surface area contributed by atoms with Crippen LogP contribution in [-0.4, -0.2) is 291 Å². The molecule has 0 aliphatic rings. The highest BCUT2D eigenvalue weighted by molar-refractivity contribution is 5.91. The molecule has 2 atom stereocenters. The lowest BCUT2D eigenvalue weighted by molar-refractivity contribution is -0.170. The molecule has 2 unspecified atom stereocenters. The van der Waals surface area contributed by atoms with Gasteiger partial charge in [0, 0.05) is 12.8 Å². The third-order valence-electron chi connectivity index (χ3n) is 15.7. The molecule has 0 heterocycles. The Kier molecular flexibility index (Phi) is 73.6. The maximum absolute atomic E-state index is 11.4. The Balaban J connectivity index is -0.000000242. The van der Waals surface area contributed by atoms with E-state index >= 15 is 0 Å². The summed E-state index contributed by atoms with van der Waals surface area (Å²) in [6.45, 7) is 3.59. The van der Waals surface area contributed by atoms with Crippen molar-refractivity contribution in [1.82, 2.24) is 0 Å². The van der Waals surface area contributed by atoms with Crippen LogP contribution in [-0.2, 0) is 91.0 Å². The van der Waals surface area contributed by atoms with Gasteiger partial charge in [0.05, 0.1) is 77.4 Å². The van der Waals surface area contributed by atoms with E-state index < -0.39 is 194 Å². The molecule has 0 rings (SSSR count). The zero-order valence-corrected chi connectivity index (χ0v) is 65.2. The van der Waals surface area contributed by atoms with Gasteiger partial charge in [0.15, 0.2) is 28.0 Å². The van der Waals surface area contributed by atoms with Crippen molar-refractivity contribution in [2.45, 2.75) is 324 Å². The largest absolute Gasteiger partial charge is 0.481 e. The molecule has 24 N–H and O–H groups in total. The van der Waals surface area contributed by atoms with Crippen molar-refractivity contribution in [3.63, 3.8) is 0 Å². The summed E-state index contributed by atoms with van der Waals surface area (Å²) in [5.41, 5.74) is -13.7. The summed E-state index contributed by atoms with van der Waals surface area (Å²) in [4.78, 5) is 175. The van der Waals surface area contributed by atoms with Gasteiger partial charge in [0.1, 0.15) is 25.4 Å². The van der Waals surface area contributed by atoms with Crippen LogP contribution in [0.2, 0.25) is 0 Å². The van der Waals surface area contributed by atoms with Gasteiger partial charge in [-0.3, -0.25) is 57.5 Å². The molecule has 670 valence electrons. The van der Waals surface area contributed by atoms with E-state index in [1.807, 2.05) is 0 Å². The minimum atomic E-state index is -2.74. The molecule has 0 spiro atoms. The summed E-state index contributed by atoms with van der Waals surface area (Å²) in [6, 6.07) is 0. The average Bonchev–Trinajstić information content (AvgIpc) is 0.888. The zero-order valence-electron chi connectivity index (χ0n) is 65.2. The number of esters is 2. The molecule has 43 nitrogen and oxygen atoms in total. The smallest absolute Gasteiger partial charge is 0.336 e. The molecular formula is C72H124O43. The van der Waals surface area contributed by atoms with Crippen molar-refractivity contribution >= 4 is 101 Å². The number of carboxylic acids is 15. The van der Waals surface area contributed by atoms with E-state index in [1.54, 1.807) is 0 Å². The minimum absolute atomic E-state index is 0.103. The first-order valence-corrected chi connectivity index (χ1v) is 37.2. The molecule has 0 aromatic rings. The van der Waals surface area contributed by atoms with Gasteiger partial charge in [-0.15, -0.1) is 0 Å². The number of carbonyl (C=O) groups excluding carboxylic acids is 2. The fourth-order valence-corrected chi connectivity index (χ4v) is 9.48. The monoisotopic (exact) mass is 1680 g/mol. The van der Waals surface area contributed by atoms with Crippen LogP contribution in [0, 0.1) is 0 Å². The molecule has 0 saturated carbocycles. The van der Waals surface area contributed by atoms with E-state index in [9.17, 15) is 81.5 Å². The molecule has 0 aromatic carbocycles. The molecule has 43 heteroatoms. The van der Waals surface area contributed by atoms with Gasteiger partial charge >= 0.3 is 101 Å². The normalized spacial score (nSPS) is 11.5. The summed E-state index contributed by atoms with van der Waals surface area (Å²) in [5, 5.41) is 204. The van der Waals surface area contributed by atoms with Crippen LogP contribution in [0.4, 0.5) is 0 Å². The standard InChI is InChI=1S/2C21H42O4.5C6H8O7/c2*1-2-3-4-5-6-7-8-9-10-11-12-13-14-15-16-17-21(24)25-19-20(23)18-22;5*7-3(8)1-6(13,5(11)12)2-4(9)10/h2*20,22-23H,2-19H2,1H3;5*13H,1-2H2,(H,7,8)(H,9,10)(H,11,12). The van der Waals surface area contributed by atoms with E-state index in [0.29, 0.717) is 12.8 Å². The molecule has 115 heavy (non-hydrogen) atoms. The predicted molar refractivity (Wildman–Crippen MR) is 393 cm³/mol. The third-order valence-corrected chi connectivity index (χ3v) is 15.7. The summed E-state index contributed by atoms with van der Waals surface area (Å²) in [6.07, 6.45) is 26.6. The number of rotatable bonds is 63. The summed E-state index contributed by atoms with van der Waals surface area (Å²) >= 11 is 0. The molecule has 0 fully saturated rings. The minimum Gasteiger partial charge on any atom is -0.481 e. The number of carboxylic acid groups (broad SMARTS) is 15. The van der Waals surface area contributed by atoms with Gasteiger partial charge in [0.2, 0.25) is 0 Å². The Labute approximate surface area is 663 Å². The van der Waals surface area contributed by atoms with Crippen molar-refractivity contribution in [1.29, 1.82) is 0 Å². The van der Waals surface area contributed by atoms with E-state index in [-0.39, 0.29) is 38.4 Å². The molecule has 0 amide bonds. The molecule has 0 aliphatic heterocycles. The lowest BCUT2D eigenvalue weighted by atomic mass is 9.96. The number of hydrogen-bond acceptors (Lipinski definition) is 28. The fourth-order valence-electron chi connectivity index (χ4n) is 9.48. The Bertz CT molecular complexity index is 2400. The lowest BCUT2D eigenvalue weighted by Gasteiger charge is -2.18. The second-order valence-corrected chi connectivity index (χ2v) is 26.8. The van der Waals surface area contributed by atoms with Gasteiger partial charge in [0.25, 0.3) is 0 Å². The molecule has 0 saturated heterocycles. The van der Waals surface area contributed by atoms with Crippen LogP contribution in [0.1, 0.15) is 284 Å². The predicted octanol–water partition coefficient (Wildman–Crippen LogP) is 4.05. The Hall–Kier alpha value is -9.37. The number of aliphatic hydroxyl groups excluding tert-OH is 4. The van der Waals surface area contributed by atoms with E-state index in [0.717, 1.165) is 25.7 Å². The van der Waals surface area contributed by atoms with Gasteiger partial charge in [-0.05, 0) is 12.8 Å². The molecular weight excluding hydrogens is 1550 g/mol. The van der Waals surface area contributed by atoms with Crippen molar-refractivity contribution in [3.05, 3.63) is 0 Å². The SMILES string of the molecule is CCCCCCCCCCCCCCCCCC(=O)OCC(O)CO.CCCCCCCCCCCCCCCCCC(=O)OCC(O)CO.O=C(O)CC(O)(CC(=O)O)C(=O)O.O=C(O)CC(O)(CC(=O)O)C(=O)O.O=C(O)CC(O)(CC(=O)O)C(=O)O.O=C(O)CC(O)(CC(=O)O)C(=O)O.O=C(O)CC(O)(CC(=O)O)C(=O)O. The molecule has 0 radical (unpaired) electrons. The van der Waals surface area contributed by atoms with Crippen molar-refractivity contribution in [3.8, 4) is 0 Å².